The van der Waals surface area contributed by atoms with E-state index in [-0.39, 0.29) is 17.6 Å². The smallest absolute Gasteiger partial charge is 0.317 e. The molecule has 0 saturated carbocycles. The number of amides is 2. The van der Waals surface area contributed by atoms with Crippen molar-refractivity contribution >= 4 is 22.0 Å². The molecule has 1 aliphatic heterocycles. The second-order valence-electron chi connectivity index (χ2n) is 9.69. The van der Waals surface area contributed by atoms with Crippen LogP contribution in [0.2, 0.25) is 0 Å². The van der Waals surface area contributed by atoms with E-state index < -0.39 is 0 Å². The van der Waals surface area contributed by atoms with Crippen molar-refractivity contribution in [2.75, 3.05) is 26.2 Å². The first-order chi connectivity index (χ1) is 14.7. The molecule has 2 aromatic rings. The summed E-state index contributed by atoms with van der Waals surface area (Å²) in [6.07, 6.45) is 5.02. The number of aromatic nitrogens is 1. The number of hydrogen-bond acceptors (Lipinski definition) is 3. The fraction of sp³-hybridized carbons (Fsp3) is 0.520. The van der Waals surface area contributed by atoms with E-state index in [9.17, 15) is 4.79 Å². The van der Waals surface area contributed by atoms with Gasteiger partial charge in [0.25, 0.3) is 0 Å². The van der Waals surface area contributed by atoms with Crippen molar-refractivity contribution in [1.82, 2.24) is 20.1 Å². The molecule has 1 unspecified atom stereocenters. The fourth-order valence-electron chi connectivity index (χ4n) is 4.67. The number of urea groups is 1. The molecule has 1 aromatic heterocycles. The molecule has 4 rings (SSSR count). The molecule has 6 heteroatoms. The topological polar surface area (TPSA) is 48.5 Å². The number of pyridine rings is 1. The third-order valence-corrected chi connectivity index (χ3v) is 6.68. The highest BCUT2D eigenvalue weighted by Gasteiger charge is 2.33. The molecule has 2 aliphatic rings. The Morgan fingerprint density at radius 3 is 2.52 bits per heavy atom. The van der Waals surface area contributed by atoms with Crippen molar-refractivity contribution < 1.29 is 4.79 Å². The Morgan fingerprint density at radius 1 is 1.13 bits per heavy atom. The molecule has 166 valence electrons. The van der Waals surface area contributed by atoms with Gasteiger partial charge in [0.05, 0.1) is 11.7 Å². The molecule has 2 amide bonds. The first-order valence-corrected chi connectivity index (χ1v) is 12.1. The molecule has 0 spiro atoms. The number of nitrogens with zero attached hydrogens (tertiary/aromatic N) is 3. The average Bonchev–Trinajstić information content (AvgIpc) is 2.88. The predicted octanol–water partition coefficient (Wildman–Crippen LogP) is 4.72. The highest BCUT2D eigenvalue weighted by molar-refractivity contribution is 9.10. The summed E-state index contributed by atoms with van der Waals surface area (Å²) in [6.45, 7) is 11.4. The summed E-state index contributed by atoms with van der Waals surface area (Å²) in [6, 6.07) is 9.37. The quantitative estimate of drug-likeness (QED) is 0.670. The van der Waals surface area contributed by atoms with Crippen LogP contribution >= 0.6 is 15.9 Å². The Hall–Kier alpha value is -1.92. The Bertz CT molecular complexity index is 960. The van der Waals surface area contributed by atoms with E-state index in [0.29, 0.717) is 0 Å². The van der Waals surface area contributed by atoms with Crippen molar-refractivity contribution in [1.29, 1.82) is 0 Å². The van der Waals surface area contributed by atoms with Crippen LogP contribution in [0.25, 0.3) is 0 Å². The van der Waals surface area contributed by atoms with Crippen LogP contribution in [0.15, 0.2) is 34.9 Å². The number of benzene rings is 1. The lowest BCUT2D eigenvalue weighted by Crippen LogP contribution is -2.55. The summed E-state index contributed by atoms with van der Waals surface area (Å²) in [5.74, 6) is 0. The number of aryl methyl sites for hydroxylation is 3. The van der Waals surface area contributed by atoms with Gasteiger partial charge in [-0.15, -0.1) is 0 Å². The van der Waals surface area contributed by atoms with Crippen LogP contribution in [0.1, 0.15) is 61.7 Å². The van der Waals surface area contributed by atoms with Gasteiger partial charge in [-0.2, -0.15) is 0 Å². The predicted molar refractivity (Wildman–Crippen MR) is 128 cm³/mol. The van der Waals surface area contributed by atoms with Gasteiger partial charge < -0.3 is 10.2 Å². The highest BCUT2D eigenvalue weighted by Crippen LogP contribution is 2.37. The third-order valence-electron chi connectivity index (χ3n) is 6.25. The van der Waals surface area contributed by atoms with Gasteiger partial charge >= 0.3 is 6.03 Å². The Kier molecular flexibility index (Phi) is 6.40. The second-order valence-corrected chi connectivity index (χ2v) is 10.6. The first-order valence-electron chi connectivity index (χ1n) is 11.3. The number of carbonyl (C=O) groups is 1. The number of nitrogens with one attached hydrogen (secondary N) is 1. The molecule has 1 atom stereocenters. The minimum Gasteiger partial charge on any atom is -0.333 e. The molecular formula is C25H33BrN4O. The zero-order valence-electron chi connectivity index (χ0n) is 19.0. The van der Waals surface area contributed by atoms with E-state index in [4.69, 9.17) is 4.98 Å². The van der Waals surface area contributed by atoms with Crippen LogP contribution in [-0.2, 0) is 19.3 Å². The molecule has 1 fully saturated rings. The van der Waals surface area contributed by atoms with E-state index >= 15 is 0 Å². The number of carbonyl (C=O) groups excluding carboxylic acids is 1. The summed E-state index contributed by atoms with van der Waals surface area (Å²) in [4.78, 5) is 22.0. The van der Waals surface area contributed by atoms with Gasteiger partial charge in [-0.3, -0.25) is 9.88 Å². The lowest BCUT2D eigenvalue weighted by Gasteiger charge is -2.40. The molecule has 1 N–H and O–H groups in total. The Labute approximate surface area is 194 Å². The molecule has 1 saturated heterocycles. The lowest BCUT2D eigenvalue weighted by atomic mass is 9.94. The fourth-order valence-corrected chi connectivity index (χ4v) is 5.05. The van der Waals surface area contributed by atoms with Crippen LogP contribution in [-0.4, -0.2) is 52.5 Å². The maximum atomic E-state index is 12.6. The van der Waals surface area contributed by atoms with Crippen molar-refractivity contribution in [2.45, 2.75) is 58.5 Å². The lowest BCUT2D eigenvalue weighted by molar-refractivity contribution is 0.115. The molecule has 5 nitrogen and oxygen atoms in total. The molecule has 2 heterocycles. The van der Waals surface area contributed by atoms with Crippen LogP contribution in [0, 0.1) is 0 Å². The van der Waals surface area contributed by atoms with E-state index in [0.717, 1.165) is 49.9 Å². The van der Waals surface area contributed by atoms with Crippen molar-refractivity contribution in [3.8, 4) is 0 Å². The summed E-state index contributed by atoms with van der Waals surface area (Å²) in [5.41, 5.74) is 6.47. The van der Waals surface area contributed by atoms with Gasteiger partial charge in [-0.05, 0) is 84.3 Å². The molecule has 1 aromatic carbocycles. The normalized spacial score (nSPS) is 19.4. The van der Waals surface area contributed by atoms with E-state index in [1.54, 1.807) is 0 Å². The Balaban J connectivity index is 1.62. The Morgan fingerprint density at radius 2 is 1.84 bits per heavy atom. The number of piperazine rings is 1. The SMILES string of the molecule is CCc1ccc2c(c1)CCc1cc(Br)cnc1C2N1CCN(C(=O)NC(C)(C)C)CC1. The zero-order chi connectivity index (χ0) is 22.2. The summed E-state index contributed by atoms with van der Waals surface area (Å²) in [5, 5.41) is 3.09. The van der Waals surface area contributed by atoms with Crippen LogP contribution in [0.3, 0.4) is 0 Å². The molecular weight excluding hydrogens is 452 g/mol. The summed E-state index contributed by atoms with van der Waals surface area (Å²) < 4.78 is 1.04. The van der Waals surface area contributed by atoms with Crippen molar-refractivity contribution in [2.24, 2.45) is 0 Å². The number of fused-ring (bicyclic) bond motifs is 2. The zero-order valence-corrected chi connectivity index (χ0v) is 20.6. The van der Waals surface area contributed by atoms with Crippen LogP contribution in [0.5, 0.6) is 0 Å². The van der Waals surface area contributed by atoms with E-state index in [1.807, 2.05) is 31.9 Å². The average molecular weight is 485 g/mol. The van der Waals surface area contributed by atoms with Gasteiger partial charge in [0.2, 0.25) is 0 Å². The third kappa shape index (κ3) is 4.96. The second kappa shape index (κ2) is 8.91. The largest absolute Gasteiger partial charge is 0.333 e. The maximum absolute atomic E-state index is 12.6. The summed E-state index contributed by atoms with van der Waals surface area (Å²) >= 11 is 3.61. The van der Waals surface area contributed by atoms with Crippen LogP contribution in [0.4, 0.5) is 4.79 Å². The molecule has 1 aliphatic carbocycles. The van der Waals surface area contributed by atoms with Gasteiger partial charge in [0, 0.05) is 42.4 Å². The van der Waals surface area contributed by atoms with Gasteiger partial charge in [0.15, 0.2) is 0 Å². The minimum atomic E-state index is -0.221. The van der Waals surface area contributed by atoms with Gasteiger partial charge in [0.1, 0.15) is 0 Å². The standard InChI is InChI=1S/C25H33BrN4O/c1-5-17-6-9-21-18(14-17)7-8-19-15-20(26)16-27-22(19)23(21)29-10-12-30(13-11-29)24(31)28-25(2,3)4/h6,9,14-16,23H,5,7-8,10-13H2,1-4H3,(H,28,31). The minimum absolute atomic E-state index is 0.0310. The maximum Gasteiger partial charge on any atom is 0.317 e. The number of rotatable bonds is 2. The molecule has 31 heavy (non-hydrogen) atoms. The first kappa shape index (κ1) is 22.3. The summed E-state index contributed by atoms with van der Waals surface area (Å²) in [7, 11) is 0. The van der Waals surface area contributed by atoms with E-state index in [2.05, 4.69) is 57.3 Å². The highest BCUT2D eigenvalue weighted by atomic mass is 79.9. The van der Waals surface area contributed by atoms with Crippen LogP contribution < -0.4 is 5.32 Å². The van der Waals surface area contributed by atoms with Gasteiger partial charge in [-0.25, -0.2) is 4.79 Å². The number of hydrogen-bond donors (Lipinski definition) is 1. The van der Waals surface area contributed by atoms with E-state index in [1.165, 1.54) is 27.9 Å². The molecule has 0 bridgehead atoms. The number of halogens is 1. The molecule has 0 radical (unpaired) electrons. The van der Waals surface area contributed by atoms with Gasteiger partial charge in [-0.1, -0.05) is 25.1 Å². The van der Waals surface area contributed by atoms with Crippen molar-refractivity contribution in [3.63, 3.8) is 0 Å². The van der Waals surface area contributed by atoms with Crippen molar-refractivity contribution in [3.05, 3.63) is 62.9 Å². The monoisotopic (exact) mass is 484 g/mol.